The molecule has 1 radical (unpaired) electrons. The zero-order valence-electron chi connectivity index (χ0n) is 14.7. The smallest absolute Gasteiger partial charge is 0.273 e. The van der Waals surface area contributed by atoms with Crippen LogP contribution in [0.25, 0.3) is 0 Å². The summed E-state index contributed by atoms with van der Waals surface area (Å²) in [6, 6.07) is 10.5. The fraction of sp³-hybridized carbons (Fsp3) is 0.286. The first kappa shape index (κ1) is 32.9. The van der Waals surface area contributed by atoms with E-state index < -0.39 is 15.6 Å². The fourth-order valence-corrected chi connectivity index (χ4v) is 1.18. The Balaban J connectivity index is -0.000000313. The first-order chi connectivity index (χ1) is 11.7. The molecule has 0 saturated heterocycles. The van der Waals surface area contributed by atoms with Gasteiger partial charge in [-0.3, -0.25) is 6.08 Å². The summed E-state index contributed by atoms with van der Waals surface area (Å²) in [5, 5.41) is 0. The van der Waals surface area contributed by atoms with E-state index in [4.69, 9.17) is 0 Å². The van der Waals surface area contributed by atoms with E-state index in [1.807, 2.05) is 18.2 Å². The maximum absolute atomic E-state index is 10.7. The Labute approximate surface area is 170 Å². The summed E-state index contributed by atoms with van der Waals surface area (Å²) in [6.07, 6.45) is 10.0. The Bertz CT molecular complexity index is 596. The van der Waals surface area contributed by atoms with Crippen molar-refractivity contribution in [1.82, 2.24) is 0 Å². The molecule has 0 atom stereocenters. The number of allylic oxidation sites excluding steroid dienone is 4. The molecule has 1 aromatic carbocycles. The number of hydrogen-bond acceptors (Lipinski definition) is 0. The van der Waals surface area contributed by atoms with Crippen LogP contribution in [-0.2, 0) is 17.1 Å². The Kier molecular flexibility index (Phi) is 10.4. The number of halogens is 12. The van der Waals surface area contributed by atoms with Crippen LogP contribution in [-0.4, -0.2) is 0 Å². The number of rotatable bonds is 1. The van der Waals surface area contributed by atoms with Crippen molar-refractivity contribution in [3.63, 3.8) is 0 Å². The van der Waals surface area contributed by atoms with Gasteiger partial charge >= 0.3 is 83.0 Å². The number of hydrogen-bond donors (Lipinski definition) is 0. The minimum Gasteiger partial charge on any atom is -0.273 e. The Morgan fingerprint density at radius 1 is 0.724 bits per heavy atom. The number of benzene rings is 1. The van der Waals surface area contributed by atoms with Crippen molar-refractivity contribution in [2.45, 2.75) is 26.2 Å². The monoisotopic (exact) mass is 531 g/mol. The fourth-order valence-electron chi connectivity index (χ4n) is 1.18. The molecule has 0 saturated carbocycles. The maximum atomic E-state index is 9.87. The summed E-state index contributed by atoms with van der Waals surface area (Å²) in [7, 11) is -21.3. The molecule has 0 heterocycles. The van der Waals surface area contributed by atoms with Gasteiger partial charge in [0.25, 0.3) is 0 Å². The Hall–Kier alpha value is -0.761. The van der Waals surface area contributed by atoms with E-state index in [1.165, 1.54) is 5.56 Å². The van der Waals surface area contributed by atoms with Crippen molar-refractivity contribution < 1.29 is 67.4 Å². The summed E-state index contributed by atoms with van der Waals surface area (Å²) >= 11 is 0. The minimum absolute atomic E-state index is 0. The summed E-state index contributed by atoms with van der Waals surface area (Å²) in [5.41, 5.74) is 1.41. The maximum Gasteiger partial charge on any atom is 3.00 e. The molecule has 0 aliphatic heterocycles. The van der Waals surface area contributed by atoms with Gasteiger partial charge in [0.1, 0.15) is 0 Å². The van der Waals surface area contributed by atoms with Crippen LogP contribution in [0, 0.1) is 6.08 Å². The van der Waals surface area contributed by atoms with E-state index in [-0.39, 0.29) is 17.1 Å². The molecule has 0 spiro atoms. The first-order valence-electron chi connectivity index (χ1n) is 7.10. The largest absolute Gasteiger partial charge is 3.00 e. The van der Waals surface area contributed by atoms with E-state index in [9.17, 15) is 50.4 Å². The minimum atomic E-state index is -10.7. The van der Waals surface area contributed by atoms with Crippen molar-refractivity contribution in [3.05, 3.63) is 60.2 Å². The van der Waals surface area contributed by atoms with Gasteiger partial charge in [0, 0.05) is 0 Å². The summed E-state index contributed by atoms with van der Waals surface area (Å²) in [5.74, 6) is 0.659. The summed E-state index contributed by atoms with van der Waals surface area (Å²) in [6.45, 7) is 4.41. The van der Waals surface area contributed by atoms with Crippen molar-refractivity contribution >= 4 is 15.6 Å². The zero-order valence-corrected chi connectivity index (χ0v) is 17.6. The van der Waals surface area contributed by atoms with Crippen molar-refractivity contribution in [2.24, 2.45) is 0 Å². The van der Waals surface area contributed by atoms with Gasteiger partial charge in [-0.25, -0.2) is 12.2 Å². The molecule has 15 heteroatoms. The van der Waals surface area contributed by atoms with Crippen molar-refractivity contribution in [1.29, 1.82) is 0 Å². The third-order valence-electron chi connectivity index (χ3n) is 2.05. The van der Waals surface area contributed by atoms with E-state index in [0.717, 1.165) is 6.42 Å². The van der Waals surface area contributed by atoms with Crippen LogP contribution >= 0.6 is 15.6 Å². The molecule has 0 fully saturated rings. The molecule has 175 valence electrons. The molecular formula is C14H17F12FeP2. The molecule has 29 heavy (non-hydrogen) atoms. The molecule has 1 aliphatic rings. The molecule has 0 bridgehead atoms. The quantitative estimate of drug-likeness (QED) is 0.146. The van der Waals surface area contributed by atoms with Gasteiger partial charge in [0.15, 0.2) is 0 Å². The van der Waals surface area contributed by atoms with Gasteiger partial charge in [0.2, 0.25) is 0 Å². The normalized spacial score (nSPS) is 17.3. The predicted octanol–water partition coefficient (Wildman–Crippen LogP) is 10.9. The Morgan fingerprint density at radius 3 is 1.21 bits per heavy atom. The Morgan fingerprint density at radius 2 is 1.07 bits per heavy atom. The van der Waals surface area contributed by atoms with E-state index in [2.05, 4.69) is 50.3 Å². The first-order valence-corrected chi connectivity index (χ1v) is 11.2. The van der Waals surface area contributed by atoms with E-state index in [0.29, 0.717) is 5.92 Å². The second kappa shape index (κ2) is 9.16. The van der Waals surface area contributed by atoms with E-state index >= 15 is 0 Å². The second-order valence-electron chi connectivity index (χ2n) is 5.49. The third kappa shape index (κ3) is 65.8. The molecule has 1 aliphatic carbocycles. The van der Waals surface area contributed by atoms with Crippen LogP contribution in [0.1, 0.15) is 31.7 Å². The molecule has 1 aromatic rings. The van der Waals surface area contributed by atoms with E-state index in [1.54, 1.807) is 0 Å². The molecule has 0 nitrogen and oxygen atoms in total. The van der Waals surface area contributed by atoms with Crippen LogP contribution in [0.5, 0.6) is 0 Å². The predicted molar refractivity (Wildman–Crippen MR) is 89.2 cm³/mol. The molecule has 0 amide bonds. The molecule has 0 unspecified atom stereocenters. The van der Waals surface area contributed by atoms with Crippen LogP contribution in [0.2, 0.25) is 0 Å². The second-order valence-corrected chi connectivity index (χ2v) is 9.32. The zero-order chi connectivity index (χ0) is 23.0. The topological polar surface area (TPSA) is 0 Å². The summed E-state index contributed by atoms with van der Waals surface area (Å²) < 4.78 is 118. The van der Waals surface area contributed by atoms with Gasteiger partial charge in [-0.15, -0.1) is 6.42 Å². The average Bonchev–Trinajstić information content (AvgIpc) is 2.91. The molecule has 2 rings (SSSR count). The third-order valence-corrected chi connectivity index (χ3v) is 2.05. The van der Waals surface area contributed by atoms with Crippen LogP contribution in [0.3, 0.4) is 0 Å². The standard InChI is InChI=1S/C9H12.C5H5.2F6P.Fe/c1-8(2)9-6-4-3-5-7-9;1-2-4-5-3-1;2*1-7(2,3,4,5)6;/h3-8H,1-2H3;1-3H,4H2;;;/q;3*-1;+3. The molecule has 0 aromatic heterocycles. The van der Waals surface area contributed by atoms with Crippen molar-refractivity contribution in [3.8, 4) is 0 Å². The van der Waals surface area contributed by atoms with Gasteiger partial charge in [-0.05, 0) is 11.5 Å². The van der Waals surface area contributed by atoms with Gasteiger partial charge < -0.3 is 0 Å². The molecular weight excluding hydrogens is 514 g/mol. The van der Waals surface area contributed by atoms with Crippen molar-refractivity contribution in [2.75, 3.05) is 0 Å². The van der Waals surface area contributed by atoms with Gasteiger partial charge in [-0.2, -0.15) is 6.08 Å². The van der Waals surface area contributed by atoms with Crippen LogP contribution in [0.4, 0.5) is 50.4 Å². The van der Waals surface area contributed by atoms with Gasteiger partial charge in [-0.1, -0.05) is 44.2 Å². The summed E-state index contributed by atoms with van der Waals surface area (Å²) in [4.78, 5) is 0. The van der Waals surface area contributed by atoms with Gasteiger partial charge in [0.05, 0.1) is 0 Å². The average molecular weight is 531 g/mol. The van der Waals surface area contributed by atoms with Crippen LogP contribution < -0.4 is 0 Å². The van der Waals surface area contributed by atoms with Crippen LogP contribution in [0.15, 0.2) is 48.6 Å². The molecule has 0 N–H and O–H groups in total. The SMILES string of the molecule is CC(C)c1ccccc1.F[P-](F)(F)(F)(F)F.F[P-](F)(F)(F)(F)F.[C-]1=CC=CC1.[Fe+3].